The van der Waals surface area contributed by atoms with Gasteiger partial charge in [0, 0.05) is 6.42 Å². The van der Waals surface area contributed by atoms with Gasteiger partial charge in [-0.05, 0) is 118 Å². The van der Waals surface area contributed by atoms with E-state index in [1.54, 1.807) is 0 Å². The molecule has 55 heavy (non-hydrogen) atoms. The molecule has 326 valence electrons. The molecule has 0 bridgehead atoms. The van der Waals surface area contributed by atoms with Gasteiger partial charge in [0.1, 0.15) is 6.10 Å². The molecule has 0 saturated carbocycles. The largest absolute Gasteiger partial charge is 0.465 e. The molecule has 0 fully saturated rings. The average molecular weight is 780 g/mol. The van der Waals surface area contributed by atoms with Crippen LogP contribution in [-0.4, -0.2) is 62.8 Å². The van der Waals surface area contributed by atoms with E-state index < -0.39 is 10.8 Å². The van der Waals surface area contributed by atoms with Gasteiger partial charge in [0.2, 0.25) is 0 Å². The van der Waals surface area contributed by atoms with Crippen molar-refractivity contribution in [2.24, 2.45) is 16.7 Å². The molecule has 0 aromatic rings. The number of unbranched alkanes of at least 4 members (excludes halogenated alkanes) is 14. The molecule has 0 aromatic carbocycles. The van der Waals surface area contributed by atoms with E-state index in [2.05, 4.69) is 25.7 Å². The Bertz CT molecular complexity index is 921. The van der Waals surface area contributed by atoms with Gasteiger partial charge in [-0.15, -0.1) is 0 Å². The Labute approximate surface area is 341 Å². The van der Waals surface area contributed by atoms with Crippen molar-refractivity contribution >= 4 is 17.9 Å². The van der Waals surface area contributed by atoms with E-state index in [4.69, 9.17) is 14.2 Å². The van der Waals surface area contributed by atoms with Gasteiger partial charge in [-0.2, -0.15) is 0 Å². The number of ether oxygens (including phenoxy) is 3. The summed E-state index contributed by atoms with van der Waals surface area (Å²) in [4.78, 5) is 40.6. The first-order valence-electron chi connectivity index (χ1n) is 23.5. The maximum absolute atomic E-state index is 13.0. The smallest absolute Gasteiger partial charge is 0.311 e. The van der Waals surface area contributed by atoms with Gasteiger partial charge >= 0.3 is 17.9 Å². The molecule has 0 aliphatic heterocycles. The van der Waals surface area contributed by atoms with E-state index >= 15 is 0 Å². The summed E-state index contributed by atoms with van der Waals surface area (Å²) in [6.07, 6.45) is 31.3. The Hall–Kier alpha value is -1.63. The van der Waals surface area contributed by atoms with Crippen LogP contribution in [0.5, 0.6) is 0 Å². The van der Waals surface area contributed by atoms with E-state index in [1.807, 2.05) is 41.8 Å². The first kappa shape index (κ1) is 53.4. The summed E-state index contributed by atoms with van der Waals surface area (Å²) in [6.45, 7) is 16.7. The van der Waals surface area contributed by atoms with Crippen molar-refractivity contribution in [3.63, 3.8) is 0 Å². The fourth-order valence-corrected chi connectivity index (χ4v) is 7.43. The summed E-state index contributed by atoms with van der Waals surface area (Å²) in [6, 6.07) is 0. The number of hydrogen-bond acceptors (Lipinski definition) is 7. The minimum absolute atomic E-state index is 0.0739. The van der Waals surface area contributed by atoms with Crippen LogP contribution in [0.15, 0.2) is 0 Å². The number of carbonyl (C=O) groups excluding carboxylic acids is 3. The third-order valence-electron chi connectivity index (χ3n) is 11.4. The molecule has 1 atom stereocenters. The molecule has 7 nitrogen and oxygen atoms in total. The molecule has 0 N–H and O–H groups in total. The van der Waals surface area contributed by atoms with Crippen LogP contribution in [0.4, 0.5) is 0 Å². The lowest BCUT2D eigenvalue weighted by Gasteiger charge is -2.24. The molecular formula is C48H93NO6. The minimum atomic E-state index is -0.492. The SMILES string of the molecule is CCCCCCCCCOC(=O)C(C)(C)CCCCCC(CCCCCC(C)(C)C(=O)OCCCC(CCCCC)CCCCC)OC(=O)CCCN(C)C. The Morgan fingerprint density at radius 2 is 0.891 bits per heavy atom. The molecule has 0 aliphatic carbocycles. The predicted octanol–water partition coefficient (Wildman–Crippen LogP) is 13.6. The third kappa shape index (κ3) is 31.1. The van der Waals surface area contributed by atoms with Crippen LogP contribution in [0, 0.1) is 16.7 Å². The minimum Gasteiger partial charge on any atom is -0.465 e. The monoisotopic (exact) mass is 780 g/mol. The standard InChI is InChI=1S/C48H93NO6/c1-10-13-16-17-18-19-28-40-53-45(51)47(4,5)37-26-20-24-34-43(55-44(50)36-29-39-49(8)9)35-25-21-27-38-48(6,7)46(52)54-41-30-33-42(31-22-14-11-2)32-23-15-12-3/h42-43H,10-41H2,1-9H3. The van der Waals surface area contributed by atoms with Crippen molar-refractivity contribution in [2.45, 2.75) is 241 Å². The second-order valence-corrected chi connectivity index (χ2v) is 18.4. The van der Waals surface area contributed by atoms with Crippen LogP contribution in [0.1, 0.15) is 235 Å². The fourth-order valence-electron chi connectivity index (χ4n) is 7.43. The molecule has 0 heterocycles. The van der Waals surface area contributed by atoms with Crippen LogP contribution < -0.4 is 0 Å². The van der Waals surface area contributed by atoms with Crippen molar-refractivity contribution in [3.8, 4) is 0 Å². The van der Waals surface area contributed by atoms with Crippen LogP contribution in [-0.2, 0) is 28.6 Å². The van der Waals surface area contributed by atoms with Gasteiger partial charge < -0.3 is 19.1 Å². The Kier molecular flexibility index (Phi) is 33.4. The zero-order valence-corrected chi connectivity index (χ0v) is 38.2. The first-order chi connectivity index (χ1) is 26.3. The number of hydrogen-bond donors (Lipinski definition) is 0. The lowest BCUT2D eigenvalue weighted by molar-refractivity contribution is -0.155. The Balaban J connectivity index is 4.65. The second kappa shape index (κ2) is 34.4. The van der Waals surface area contributed by atoms with E-state index in [9.17, 15) is 14.4 Å². The predicted molar refractivity (Wildman–Crippen MR) is 232 cm³/mol. The molecule has 1 unspecified atom stereocenters. The van der Waals surface area contributed by atoms with E-state index in [0.29, 0.717) is 19.6 Å². The van der Waals surface area contributed by atoms with Gasteiger partial charge in [-0.1, -0.05) is 136 Å². The molecule has 0 rings (SSSR count). The molecule has 0 saturated heterocycles. The van der Waals surface area contributed by atoms with Gasteiger partial charge in [-0.3, -0.25) is 14.4 Å². The number of esters is 3. The number of nitrogens with zero attached hydrogens (tertiary/aromatic N) is 1. The van der Waals surface area contributed by atoms with Gasteiger partial charge in [0.05, 0.1) is 24.0 Å². The fraction of sp³-hybridized carbons (Fsp3) is 0.938. The van der Waals surface area contributed by atoms with E-state index in [-0.39, 0.29) is 24.0 Å². The van der Waals surface area contributed by atoms with Gasteiger partial charge in [0.15, 0.2) is 0 Å². The molecule has 7 heteroatoms. The summed E-state index contributed by atoms with van der Waals surface area (Å²) in [5.41, 5.74) is -0.974. The quantitative estimate of drug-likeness (QED) is 0.0349. The average Bonchev–Trinajstić information content (AvgIpc) is 3.13. The molecule has 0 radical (unpaired) electrons. The number of rotatable bonds is 39. The lowest BCUT2D eigenvalue weighted by Crippen LogP contribution is -2.27. The maximum atomic E-state index is 13.0. The van der Waals surface area contributed by atoms with E-state index in [0.717, 1.165) is 109 Å². The van der Waals surface area contributed by atoms with Crippen molar-refractivity contribution in [1.82, 2.24) is 4.90 Å². The van der Waals surface area contributed by atoms with Crippen LogP contribution in [0.25, 0.3) is 0 Å². The normalized spacial score (nSPS) is 12.7. The van der Waals surface area contributed by atoms with Crippen molar-refractivity contribution in [1.29, 1.82) is 0 Å². The second-order valence-electron chi connectivity index (χ2n) is 18.4. The van der Waals surface area contributed by atoms with Crippen LogP contribution >= 0.6 is 0 Å². The van der Waals surface area contributed by atoms with Gasteiger partial charge in [-0.25, -0.2) is 0 Å². The Morgan fingerprint density at radius 3 is 1.38 bits per heavy atom. The highest BCUT2D eigenvalue weighted by Gasteiger charge is 2.30. The molecule has 0 spiro atoms. The van der Waals surface area contributed by atoms with E-state index in [1.165, 1.54) is 83.5 Å². The highest BCUT2D eigenvalue weighted by molar-refractivity contribution is 5.76. The maximum Gasteiger partial charge on any atom is 0.311 e. The van der Waals surface area contributed by atoms with Crippen molar-refractivity contribution in [3.05, 3.63) is 0 Å². The van der Waals surface area contributed by atoms with Crippen molar-refractivity contribution in [2.75, 3.05) is 33.9 Å². The van der Waals surface area contributed by atoms with Crippen LogP contribution in [0.3, 0.4) is 0 Å². The van der Waals surface area contributed by atoms with Crippen LogP contribution in [0.2, 0.25) is 0 Å². The highest BCUT2D eigenvalue weighted by atomic mass is 16.5. The van der Waals surface area contributed by atoms with Gasteiger partial charge in [0.25, 0.3) is 0 Å². The summed E-state index contributed by atoms with van der Waals surface area (Å²) in [5, 5.41) is 0. The summed E-state index contributed by atoms with van der Waals surface area (Å²) in [5.74, 6) is 0.501. The summed E-state index contributed by atoms with van der Waals surface area (Å²) >= 11 is 0. The molecular weight excluding hydrogens is 687 g/mol. The zero-order valence-electron chi connectivity index (χ0n) is 38.2. The molecule has 0 aliphatic rings. The zero-order chi connectivity index (χ0) is 41.2. The lowest BCUT2D eigenvalue weighted by atomic mass is 9.86. The molecule has 0 aromatic heterocycles. The number of carbonyl (C=O) groups is 3. The summed E-state index contributed by atoms with van der Waals surface area (Å²) < 4.78 is 17.5. The first-order valence-corrected chi connectivity index (χ1v) is 23.5. The molecule has 0 amide bonds. The topological polar surface area (TPSA) is 82.1 Å². The Morgan fingerprint density at radius 1 is 0.491 bits per heavy atom. The summed E-state index contributed by atoms with van der Waals surface area (Å²) in [7, 11) is 4.04. The van der Waals surface area contributed by atoms with Crippen molar-refractivity contribution < 1.29 is 28.6 Å². The third-order valence-corrected chi connectivity index (χ3v) is 11.4. The highest BCUT2D eigenvalue weighted by Crippen LogP contribution is 2.29.